The summed E-state index contributed by atoms with van der Waals surface area (Å²) in [6, 6.07) is 12.0. The van der Waals surface area contributed by atoms with Gasteiger partial charge < -0.3 is 14.2 Å². The van der Waals surface area contributed by atoms with Crippen LogP contribution in [0.2, 0.25) is 0 Å². The Morgan fingerprint density at radius 2 is 1.68 bits per heavy atom. The molecule has 0 N–H and O–H groups in total. The normalized spacial score (nSPS) is 10.7. The monoisotopic (exact) mass is 418 g/mol. The molecule has 9 nitrogen and oxygen atoms in total. The highest BCUT2D eigenvalue weighted by Gasteiger charge is 2.16. The van der Waals surface area contributed by atoms with Gasteiger partial charge in [-0.15, -0.1) is 5.10 Å². The molecule has 158 valence electrons. The van der Waals surface area contributed by atoms with E-state index < -0.39 is 0 Å². The van der Waals surface area contributed by atoms with Crippen LogP contribution in [-0.4, -0.2) is 51.3 Å². The van der Waals surface area contributed by atoms with Crippen molar-refractivity contribution in [2.45, 2.75) is 13.5 Å². The number of hydrogen-bond donors (Lipinski definition) is 0. The Hall–Kier alpha value is -4.01. The zero-order valence-corrected chi connectivity index (χ0v) is 17.7. The molecular weight excluding hydrogens is 396 g/mol. The molecule has 9 heteroatoms. The minimum atomic E-state index is 0.221. The molecule has 3 aromatic heterocycles. The highest BCUT2D eigenvalue weighted by Crippen LogP contribution is 2.30. The van der Waals surface area contributed by atoms with Crippen LogP contribution in [0.4, 0.5) is 0 Å². The molecule has 1 aromatic carbocycles. The van der Waals surface area contributed by atoms with E-state index in [0.29, 0.717) is 23.7 Å². The molecule has 31 heavy (non-hydrogen) atoms. The van der Waals surface area contributed by atoms with Gasteiger partial charge in [0, 0.05) is 18.0 Å². The van der Waals surface area contributed by atoms with Crippen molar-refractivity contribution in [1.82, 2.24) is 29.9 Å². The molecule has 0 saturated carbocycles. The minimum Gasteiger partial charge on any atom is -0.497 e. The smallest absolute Gasteiger partial charge is 0.319 e. The van der Waals surface area contributed by atoms with Gasteiger partial charge in [-0.3, -0.25) is 4.68 Å². The number of rotatable bonds is 7. The van der Waals surface area contributed by atoms with Gasteiger partial charge in [0.15, 0.2) is 0 Å². The first-order chi connectivity index (χ1) is 15.1. The maximum absolute atomic E-state index is 5.38. The van der Waals surface area contributed by atoms with Crippen LogP contribution < -0.4 is 14.2 Å². The predicted octanol–water partition coefficient (Wildman–Crippen LogP) is 3.18. The average molecular weight is 418 g/mol. The maximum Gasteiger partial charge on any atom is 0.319 e. The van der Waals surface area contributed by atoms with Gasteiger partial charge in [0.25, 0.3) is 0 Å². The second kappa shape index (κ2) is 8.78. The van der Waals surface area contributed by atoms with Crippen molar-refractivity contribution < 1.29 is 14.2 Å². The lowest BCUT2D eigenvalue weighted by atomic mass is 10.1. The largest absolute Gasteiger partial charge is 0.497 e. The maximum atomic E-state index is 5.38. The highest BCUT2D eigenvalue weighted by atomic mass is 16.5. The van der Waals surface area contributed by atoms with Crippen LogP contribution in [0.1, 0.15) is 11.3 Å². The van der Waals surface area contributed by atoms with Crippen molar-refractivity contribution in [3.8, 4) is 40.2 Å². The van der Waals surface area contributed by atoms with E-state index in [2.05, 4.69) is 20.2 Å². The van der Waals surface area contributed by atoms with Crippen LogP contribution in [0.3, 0.4) is 0 Å². The second-order valence-electron chi connectivity index (χ2n) is 6.75. The SMILES string of the molecule is COc1ccc(Cn2ccc(-c3cc(-c4cnc(OC)nc4OC)nnc3C)n2)cc1. The van der Waals surface area contributed by atoms with E-state index in [1.54, 1.807) is 13.3 Å². The first kappa shape index (κ1) is 20.3. The Morgan fingerprint density at radius 1 is 0.871 bits per heavy atom. The molecule has 0 atom stereocenters. The summed E-state index contributed by atoms with van der Waals surface area (Å²) in [5.74, 6) is 1.19. The van der Waals surface area contributed by atoms with Crippen molar-refractivity contribution in [1.29, 1.82) is 0 Å². The Balaban J connectivity index is 1.63. The minimum absolute atomic E-state index is 0.221. The van der Waals surface area contributed by atoms with Gasteiger partial charge in [0.2, 0.25) is 5.88 Å². The van der Waals surface area contributed by atoms with Gasteiger partial charge in [0.05, 0.1) is 44.8 Å². The average Bonchev–Trinajstić information content (AvgIpc) is 3.27. The number of aromatic nitrogens is 6. The number of ether oxygens (including phenoxy) is 3. The lowest BCUT2D eigenvalue weighted by Crippen LogP contribution is -2.02. The number of benzene rings is 1. The van der Waals surface area contributed by atoms with Crippen LogP contribution in [0, 0.1) is 6.92 Å². The molecule has 0 aliphatic rings. The van der Waals surface area contributed by atoms with E-state index in [0.717, 1.165) is 28.3 Å². The molecule has 0 fully saturated rings. The Bertz CT molecular complexity index is 1190. The van der Waals surface area contributed by atoms with Gasteiger partial charge in [-0.1, -0.05) is 12.1 Å². The fourth-order valence-corrected chi connectivity index (χ4v) is 3.14. The number of hydrogen-bond acceptors (Lipinski definition) is 8. The van der Waals surface area contributed by atoms with Crippen LogP contribution in [0.25, 0.3) is 22.5 Å². The first-order valence-corrected chi connectivity index (χ1v) is 9.57. The predicted molar refractivity (Wildman–Crippen MR) is 114 cm³/mol. The highest BCUT2D eigenvalue weighted by molar-refractivity contribution is 5.71. The molecule has 0 aliphatic carbocycles. The van der Waals surface area contributed by atoms with Crippen LogP contribution in [0.5, 0.6) is 17.6 Å². The third-order valence-corrected chi connectivity index (χ3v) is 4.78. The van der Waals surface area contributed by atoms with Crippen molar-refractivity contribution in [3.63, 3.8) is 0 Å². The Morgan fingerprint density at radius 3 is 2.39 bits per heavy atom. The Kier molecular flexibility index (Phi) is 5.74. The van der Waals surface area contributed by atoms with Gasteiger partial charge in [-0.05, 0) is 36.8 Å². The standard InChI is InChI=1S/C22H22N6O3/c1-14-17(11-20(26-25-14)18-12-23-22(31-4)24-21(18)30-3)19-9-10-28(27-19)13-15-5-7-16(29-2)8-6-15/h5-12H,13H2,1-4H3. The quantitative estimate of drug-likeness (QED) is 0.451. The molecule has 0 amide bonds. The summed E-state index contributed by atoms with van der Waals surface area (Å²) in [5, 5.41) is 13.3. The third kappa shape index (κ3) is 4.30. The lowest BCUT2D eigenvalue weighted by Gasteiger charge is -2.09. The van der Waals surface area contributed by atoms with Crippen LogP contribution in [-0.2, 0) is 6.54 Å². The fraction of sp³-hybridized carbons (Fsp3) is 0.227. The summed E-state index contributed by atoms with van der Waals surface area (Å²) < 4.78 is 17.5. The molecule has 0 saturated heterocycles. The number of aryl methyl sites for hydroxylation is 1. The summed E-state index contributed by atoms with van der Waals surface area (Å²) in [7, 11) is 4.69. The zero-order chi connectivity index (χ0) is 21.8. The van der Waals surface area contributed by atoms with Crippen molar-refractivity contribution in [3.05, 3.63) is 60.0 Å². The van der Waals surface area contributed by atoms with Crippen molar-refractivity contribution >= 4 is 0 Å². The third-order valence-electron chi connectivity index (χ3n) is 4.78. The molecule has 0 aliphatic heterocycles. The van der Waals surface area contributed by atoms with E-state index in [9.17, 15) is 0 Å². The van der Waals surface area contributed by atoms with E-state index in [-0.39, 0.29) is 6.01 Å². The molecule has 4 aromatic rings. The second-order valence-corrected chi connectivity index (χ2v) is 6.75. The van der Waals surface area contributed by atoms with Crippen LogP contribution in [0.15, 0.2) is 48.8 Å². The van der Waals surface area contributed by atoms with Gasteiger partial charge in [-0.25, -0.2) is 4.98 Å². The van der Waals surface area contributed by atoms with Crippen molar-refractivity contribution in [2.24, 2.45) is 0 Å². The molecule has 0 unspecified atom stereocenters. The summed E-state index contributed by atoms with van der Waals surface area (Å²) in [4.78, 5) is 8.38. The number of methoxy groups -OCH3 is 3. The molecule has 0 radical (unpaired) electrons. The van der Waals surface area contributed by atoms with Crippen LogP contribution >= 0.6 is 0 Å². The summed E-state index contributed by atoms with van der Waals surface area (Å²) >= 11 is 0. The van der Waals surface area contributed by atoms with Gasteiger partial charge in [0.1, 0.15) is 11.4 Å². The number of nitrogens with zero attached hydrogens (tertiary/aromatic N) is 6. The molecular formula is C22H22N6O3. The first-order valence-electron chi connectivity index (χ1n) is 9.57. The van der Waals surface area contributed by atoms with E-state index in [1.807, 2.05) is 54.2 Å². The molecule has 3 heterocycles. The van der Waals surface area contributed by atoms with E-state index in [4.69, 9.17) is 19.3 Å². The molecule has 4 rings (SSSR count). The van der Waals surface area contributed by atoms with Gasteiger partial charge in [-0.2, -0.15) is 15.2 Å². The lowest BCUT2D eigenvalue weighted by molar-refractivity contribution is 0.353. The van der Waals surface area contributed by atoms with Gasteiger partial charge >= 0.3 is 6.01 Å². The Labute approximate surface area is 179 Å². The summed E-state index contributed by atoms with van der Waals surface area (Å²) in [6.45, 7) is 2.55. The van der Waals surface area contributed by atoms with E-state index >= 15 is 0 Å². The molecule has 0 bridgehead atoms. The summed E-state index contributed by atoms with van der Waals surface area (Å²) in [6.07, 6.45) is 3.55. The zero-order valence-electron chi connectivity index (χ0n) is 17.7. The summed E-state index contributed by atoms with van der Waals surface area (Å²) in [5.41, 5.74) is 4.78. The van der Waals surface area contributed by atoms with E-state index in [1.165, 1.54) is 14.2 Å². The van der Waals surface area contributed by atoms with Crippen molar-refractivity contribution in [2.75, 3.05) is 21.3 Å². The molecule has 0 spiro atoms. The topological polar surface area (TPSA) is 97.1 Å². The fourth-order valence-electron chi connectivity index (χ4n) is 3.14.